The Bertz CT molecular complexity index is 137. The lowest BCUT2D eigenvalue weighted by molar-refractivity contribution is -0.131. The van der Waals surface area contributed by atoms with E-state index in [4.69, 9.17) is 10.8 Å². The zero-order valence-electron chi connectivity index (χ0n) is 5.16. The molecule has 4 heteroatoms. The monoisotopic (exact) mass is 130 g/mol. The zero-order chi connectivity index (χ0) is 7.02. The lowest BCUT2D eigenvalue weighted by atomic mass is 9.91. The van der Waals surface area contributed by atoms with Crippen molar-refractivity contribution in [3.05, 3.63) is 0 Å². The normalized spacial score (nSPS) is 41.8. The van der Waals surface area contributed by atoms with Gasteiger partial charge in [0.2, 0.25) is 5.91 Å². The van der Waals surface area contributed by atoms with E-state index in [1.54, 1.807) is 6.92 Å². The maximum atomic E-state index is 10.4. The van der Waals surface area contributed by atoms with Gasteiger partial charge in [-0.3, -0.25) is 10.1 Å². The van der Waals surface area contributed by atoms with E-state index in [1.165, 1.54) is 0 Å². The molecule has 1 amide bonds. The summed E-state index contributed by atoms with van der Waals surface area (Å²) < 4.78 is 0. The minimum atomic E-state index is -0.553. The molecule has 1 fully saturated rings. The first-order valence-corrected chi connectivity index (χ1v) is 2.86. The second-order valence-corrected chi connectivity index (χ2v) is 2.35. The highest BCUT2D eigenvalue weighted by Gasteiger charge is 2.39. The predicted octanol–water partition coefficient (Wildman–Crippen LogP) is -1.60. The third-order valence-corrected chi connectivity index (χ3v) is 1.68. The molecule has 52 valence electrons. The fourth-order valence-corrected chi connectivity index (χ4v) is 0.893. The van der Waals surface area contributed by atoms with Crippen LogP contribution in [0.15, 0.2) is 0 Å². The van der Waals surface area contributed by atoms with Crippen molar-refractivity contribution in [2.24, 2.45) is 11.7 Å². The molecule has 0 bridgehead atoms. The van der Waals surface area contributed by atoms with Crippen molar-refractivity contribution in [3.63, 3.8) is 0 Å². The Morgan fingerprint density at radius 2 is 2.33 bits per heavy atom. The van der Waals surface area contributed by atoms with E-state index in [9.17, 15) is 4.79 Å². The van der Waals surface area contributed by atoms with Gasteiger partial charge in [-0.15, -0.1) is 0 Å². The van der Waals surface area contributed by atoms with Crippen LogP contribution < -0.4 is 11.1 Å². The topological polar surface area (TPSA) is 75.3 Å². The molecule has 0 saturated carbocycles. The maximum Gasteiger partial charge on any atom is 0.235 e. The van der Waals surface area contributed by atoms with Crippen molar-refractivity contribution < 1.29 is 9.90 Å². The van der Waals surface area contributed by atoms with Gasteiger partial charge in [0.1, 0.15) is 6.23 Å². The van der Waals surface area contributed by atoms with Gasteiger partial charge in [0.15, 0.2) is 0 Å². The summed E-state index contributed by atoms with van der Waals surface area (Å²) in [6, 6.07) is -0.333. The Balaban J connectivity index is 2.42. The van der Waals surface area contributed by atoms with Gasteiger partial charge in [0.25, 0.3) is 0 Å². The number of nitrogens with one attached hydrogen (secondary N) is 1. The molecule has 2 unspecified atom stereocenters. The summed E-state index contributed by atoms with van der Waals surface area (Å²) >= 11 is 0. The van der Waals surface area contributed by atoms with E-state index in [2.05, 4.69) is 5.32 Å². The molecular formula is C5H10N2O2. The molecule has 1 heterocycles. The molecule has 9 heavy (non-hydrogen) atoms. The van der Waals surface area contributed by atoms with Gasteiger partial charge < -0.3 is 10.8 Å². The van der Waals surface area contributed by atoms with E-state index in [0.717, 1.165) is 0 Å². The summed E-state index contributed by atoms with van der Waals surface area (Å²) in [6.45, 7) is 1.77. The standard InChI is InChI=1S/C5H10N2O2/c1-2-3(4(6)8)7-5(2)9/h2-3,5,7,9H,1H3,(H2,6,8)/t2?,3-,5?/m0/s1. The number of nitrogens with two attached hydrogens (primary N) is 1. The number of primary amides is 1. The van der Waals surface area contributed by atoms with Gasteiger partial charge in [-0.05, 0) is 0 Å². The van der Waals surface area contributed by atoms with Crippen molar-refractivity contribution in [3.8, 4) is 0 Å². The van der Waals surface area contributed by atoms with Gasteiger partial charge in [-0.2, -0.15) is 0 Å². The summed E-state index contributed by atoms with van der Waals surface area (Å²) in [5, 5.41) is 11.4. The molecule has 0 spiro atoms. The highest BCUT2D eigenvalue weighted by atomic mass is 16.3. The Morgan fingerprint density at radius 3 is 2.44 bits per heavy atom. The van der Waals surface area contributed by atoms with Crippen LogP contribution in [0.5, 0.6) is 0 Å². The molecule has 0 radical (unpaired) electrons. The SMILES string of the molecule is CC1C(O)N[C@@H]1C(N)=O. The minimum absolute atomic E-state index is 0.0394. The summed E-state index contributed by atoms with van der Waals surface area (Å²) in [7, 11) is 0. The number of carbonyl (C=O) groups excluding carboxylic acids is 1. The molecule has 1 saturated heterocycles. The van der Waals surface area contributed by atoms with Crippen molar-refractivity contribution in [2.45, 2.75) is 19.2 Å². The van der Waals surface area contributed by atoms with Crippen LogP contribution in [-0.2, 0) is 4.79 Å². The van der Waals surface area contributed by atoms with Crippen LogP contribution >= 0.6 is 0 Å². The highest BCUT2D eigenvalue weighted by Crippen LogP contribution is 2.16. The Labute approximate surface area is 53.0 Å². The number of aliphatic hydroxyl groups excluding tert-OH is 1. The Kier molecular flexibility index (Phi) is 1.42. The largest absolute Gasteiger partial charge is 0.378 e. The molecule has 0 aromatic rings. The van der Waals surface area contributed by atoms with Crippen LogP contribution in [0.2, 0.25) is 0 Å². The minimum Gasteiger partial charge on any atom is -0.378 e. The summed E-state index contributed by atoms with van der Waals surface area (Å²) in [5.41, 5.74) is 4.94. The summed E-state index contributed by atoms with van der Waals surface area (Å²) in [4.78, 5) is 10.4. The van der Waals surface area contributed by atoms with Crippen molar-refractivity contribution >= 4 is 5.91 Å². The van der Waals surface area contributed by atoms with Crippen LogP contribution in [0, 0.1) is 5.92 Å². The molecule has 0 aliphatic carbocycles. The van der Waals surface area contributed by atoms with Crippen LogP contribution in [0.3, 0.4) is 0 Å². The molecule has 1 rings (SSSR count). The summed E-state index contributed by atoms with van der Waals surface area (Å²) in [5.74, 6) is -0.435. The van der Waals surface area contributed by atoms with Gasteiger partial charge in [0.05, 0.1) is 6.04 Å². The number of carbonyl (C=O) groups is 1. The van der Waals surface area contributed by atoms with Gasteiger partial charge >= 0.3 is 0 Å². The second kappa shape index (κ2) is 1.97. The average molecular weight is 130 g/mol. The number of rotatable bonds is 1. The number of amides is 1. The van der Waals surface area contributed by atoms with E-state index in [0.29, 0.717) is 0 Å². The molecule has 4 N–H and O–H groups in total. The van der Waals surface area contributed by atoms with Crippen molar-refractivity contribution in [1.29, 1.82) is 0 Å². The fourth-order valence-electron chi connectivity index (χ4n) is 0.893. The lowest BCUT2D eigenvalue weighted by Gasteiger charge is -2.38. The summed E-state index contributed by atoms with van der Waals surface area (Å²) in [6.07, 6.45) is -0.553. The van der Waals surface area contributed by atoms with E-state index in [1.807, 2.05) is 0 Å². The van der Waals surface area contributed by atoms with E-state index >= 15 is 0 Å². The molecule has 0 aromatic heterocycles. The quantitative estimate of drug-likeness (QED) is 0.400. The second-order valence-electron chi connectivity index (χ2n) is 2.35. The van der Waals surface area contributed by atoms with E-state index in [-0.39, 0.29) is 12.0 Å². The Hall–Kier alpha value is -0.610. The van der Waals surface area contributed by atoms with Crippen LogP contribution in [-0.4, -0.2) is 23.3 Å². The smallest absolute Gasteiger partial charge is 0.235 e. The number of hydrogen-bond donors (Lipinski definition) is 3. The van der Waals surface area contributed by atoms with Crippen LogP contribution in [0.1, 0.15) is 6.92 Å². The highest BCUT2D eigenvalue weighted by molar-refractivity contribution is 5.81. The third kappa shape index (κ3) is 0.906. The average Bonchev–Trinajstić information content (AvgIpc) is 1.81. The number of aliphatic hydroxyl groups is 1. The number of hydrogen-bond acceptors (Lipinski definition) is 3. The predicted molar refractivity (Wildman–Crippen MR) is 31.3 cm³/mol. The molecule has 0 aromatic carbocycles. The third-order valence-electron chi connectivity index (χ3n) is 1.68. The zero-order valence-corrected chi connectivity index (χ0v) is 5.16. The molecular weight excluding hydrogens is 120 g/mol. The van der Waals surface area contributed by atoms with Gasteiger partial charge in [-0.1, -0.05) is 6.92 Å². The van der Waals surface area contributed by atoms with Crippen LogP contribution in [0.4, 0.5) is 0 Å². The first-order chi connectivity index (χ1) is 4.13. The fraction of sp³-hybridized carbons (Fsp3) is 0.800. The van der Waals surface area contributed by atoms with Gasteiger partial charge in [-0.25, -0.2) is 0 Å². The lowest BCUT2D eigenvalue weighted by Crippen LogP contribution is -2.65. The molecule has 3 atom stereocenters. The Morgan fingerprint density at radius 1 is 1.78 bits per heavy atom. The molecule has 1 aliphatic heterocycles. The first-order valence-electron chi connectivity index (χ1n) is 2.86. The van der Waals surface area contributed by atoms with Crippen LogP contribution in [0.25, 0.3) is 0 Å². The first kappa shape index (κ1) is 6.51. The maximum absolute atomic E-state index is 10.4. The van der Waals surface area contributed by atoms with Crippen molar-refractivity contribution in [2.75, 3.05) is 0 Å². The van der Waals surface area contributed by atoms with Crippen molar-refractivity contribution in [1.82, 2.24) is 5.32 Å². The molecule has 4 nitrogen and oxygen atoms in total. The van der Waals surface area contributed by atoms with E-state index < -0.39 is 12.1 Å². The van der Waals surface area contributed by atoms with Gasteiger partial charge in [0, 0.05) is 5.92 Å². The molecule has 1 aliphatic rings.